The normalized spacial score (nSPS) is 20.9. The Bertz CT molecular complexity index is 696. The molecule has 0 amide bonds. The second-order valence-corrected chi connectivity index (χ2v) is 5.27. The Morgan fingerprint density at radius 3 is 2.39 bits per heavy atom. The lowest BCUT2D eigenvalue weighted by atomic mass is 9.78. The van der Waals surface area contributed by atoms with Crippen LogP contribution in [0, 0.1) is 5.92 Å². The lowest BCUT2D eigenvalue weighted by Crippen LogP contribution is -2.38. The highest BCUT2D eigenvalue weighted by Gasteiger charge is 2.44. The number of benzene rings is 1. The van der Waals surface area contributed by atoms with Gasteiger partial charge in [0, 0.05) is 10.9 Å². The van der Waals surface area contributed by atoms with Gasteiger partial charge in [0.25, 0.3) is 0 Å². The summed E-state index contributed by atoms with van der Waals surface area (Å²) in [6.45, 7) is 1.86. The molecule has 0 fully saturated rings. The Hall–Kier alpha value is -2.54. The third kappa shape index (κ3) is 3.29. The number of aliphatic carboxylic acids is 2. The van der Waals surface area contributed by atoms with Crippen LogP contribution in [0.1, 0.15) is 18.4 Å². The van der Waals surface area contributed by atoms with Gasteiger partial charge in [-0.3, -0.25) is 4.79 Å². The molecule has 0 saturated carbocycles. The Labute approximate surface area is 137 Å². The van der Waals surface area contributed by atoms with Crippen molar-refractivity contribution in [3.05, 3.63) is 46.2 Å². The van der Waals surface area contributed by atoms with Gasteiger partial charge in [0.1, 0.15) is 11.7 Å². The summed E-state index contributed by atoms with van der Waals surface area (Å²) in [5.41, 5.74) is 5.91. The minimum atomic E-state index is -1.33. The molecule has 1 aromatic rings. The Balaban J connectivity index is 2.65. The zero-order valence-corrected chi connectivity index (χ0v) is 12.9. The molecular weight excluding hydrogens is 324 g/mol. The molecule has 1 aromatic carbocycles. The van der Waals surface area contributed by atoms with E-state index in [1.807, 2.05) is 0 Å². The van der Waals surface area contributed by atoms with Crippen LogP contribution >= 0.6 is 11.6 Å². The van der Waals surface area contributed by atoms with Crippen molar-refractivity contribution in [3.63, 3.8) is 0 Å². The number of carbonyl (C=O) groups is 2. The van der Waals surface area contributed by atoms with Gasteiger partial charge in [0.15, 0.2) is 0 Å². The summed E-state index contributed by atoms with van der Waals surface area (Å²) in [6.07, 6.45) is 0. The number of ether oxygens (including phenoxy) is 1. The lowest BCUT2D eigenvalue weighted by molar-refractivity contribution is -0.140. The average molecular weight is 339 g/mol. The standard InChI is InChI=1S/C15H15ClN2O5/c1-2-23-13-11(15(21)22)9(7-3-5-8(16)6-4-7)10(14(19)20)12(17)18-13/h3-6,9,11H,2,17H2,1H3,(H,19,20)(H,21,22). The fourth-order valence-corrected chi connectivity index (χ4v) is 2.63. The summed E-state index contributed by atoms with van der Waals surface area (Å²) in [7, 11) is 0. The molecule has 1 aliphatic rings. The summed E-state index contributed by atoms with van der Waals surface area (Å²) in [5.74, 6) is -5.26. The molecule has 0 bridgehead atoms. The summed E-state index contributed by atoms with van der Waals surface area (Å²) in [6, 6.07) is 6.23. The van der Waals surface area contributed by atoms with Crippen LogP contribution in [0.15, 0.2) is 40.7 Å². The molecule has 122 valence electrons. The maximum Gasteiger partial charge on any atom is 0.335 e. The van der Waals surface area contributed by atoms with Crippen LogP contribution in [-0.2, 0) is 14.3 Å². The third-order valence-electron chi connectivity index (χ3n) is 3.43. The average Bonchev–Trinajstić information content (AvgIpc) is 2.46. The highest BCUT2D eigenvalue weighted by molar-refractivity contribution is 6.30. The second kappa shape index (κ2) is 6.70. The minimum absolute atomic E-state index is 0.109. The maximum atomic E-state index is 11.7. The maximum absolute atomic E-state index is 11.7. The van der Waals surface area contributed by atoms with Crippen LogP contribution in [0.5, 0.6) is 0 Å². The Kier molecular flexibility index (Phi) is 4.90. The predicted octanol–water partition coefficient (Wildman–Crippen LogP) is 1.83. The molecule has 2 rings (SSSR count). The first-order chi connectivity index (χ1) is 10.9. The van der Waals surface area contributed by atoms with Crippen molar-refractivity contribution in [2.45, 2.75) is 12.8 Å². The van der Waals surface area contributed by atoms with Gasteiger partial charge in [-0.25, -0.2) is 4.79 Å². The van der Waals surface area contributed by atoms with E-state index in [-0.39, 0.29) is 23.9 Å². The number of nitrogens with zero attached hydrogens (tertiary/aromatic N) is 1. The zero-order chi connectivity index (χ0) is 17.1. The van der Waals surface area contributed by atoms with Gasteiger partial charge in [-0.2, -0.15) is 4.99 Å². The van der Waals surface area contributed by atoms with Crippen LogP contribution in [-0.4, -0.2) is 34.7 Å². The number of hydrogen-bond donors (Lipinski definition) is 3. The van der Waals surface area contributed by atoms with Crippen molar-refractivity contribution in [2.75, 3.05) is 6.61 Å². The Morgan fingerprint density at radius 1 is 1.30 bits per heavy atom. The van der Waals surface area contributed by atoms with Crippen molar-refractivity contribution in [1.82, 2.24) is 0 Å². The van der Waals surface area contributed by atoms with Crippen LogP contribution in [0.25, 0.3) is 0 Å². The van der Waals surface area contributed by atoms with Crippen molar-refractivity contribution in [1.29, 1.82) is 0 Å². The van der Waals surface area contributed by atoms with E-state index in [0.717, 1.165) is 0 Å². The van der Waals surface area contributed by atoms with E-state index in [2.05, 4.69) is 4.99 Å². The fourth-order valence-electron chi connectivity index (χ4n) is 2.51. The van der Waals surface area contributed by atoms with Crippen molar-refractivity contribution in [3.8, 4) is 0 Å². The number of nitrogens with two attached hydrogens (primary N) is 1. The van der Waals surface area contributed by atoms with Crippen molar-refractivity contribution >= 4 is 29.4 Å². The van der Waals surface area contributed by atoms with E-state index in [4.69, 9.17) is 22.1 Å². The molecule has 2 unspecified atom stereocenters. The van der Waals surface area contributed by atoms with E-state index >= 15 is 0 Å². The minimum Gasteiger partial charge on any atom is -0.481 e. The quantitative estimate of drug-likeness (QED) is 0.769. The lowest BCUT2D eigenvalue weighted by Gasteiger charge is -2.29. The number of carboxylic acid groups (broad SMARTS) is 2. The molecule has 0 spiro atoms. The van der Waals surface area contributed by atoms with Crippen LogP contribution < -0.4 is 5.73 Å². The molecule has 0 aromatic heterocycles. The topological polar surface area (TPSA) is 122 Å². The Morgan fingerprint density at radius 2 is 1.91 bits per heavy atom. The van der Waals surface area contributed by atoms with Gasteiger partial charge in [-0.05, 0) is 24.6 Å². The summed E-state index contributed by atoms with van der Waals surface area (Å²) in [4.78, 5) is 27.1. The van der Waals surface area contributed by atoms with Gasteiger partial charge < -0.3 is 20.7 Å². The first-order valence-corrected chi connectivity index (χ1v) is 7.17. The number of hydrogen-bond acceptors (Lipinski definition) is 5. The van der Waals surface area contributed by atoms with Gasteiger partial charge in [0.05, 0.1) is 12.2 Å². The van der Waals surface area contributed by atoms with E-state index < -0.39 is 23.8 Å². The summed E-state index contributed by atoms with van der Waals surface area (Å²) < 4.78 is 5.27. The molecule has 4 N–H and O–H groups in total. The highest BCUT2D eigenvalue weighted by atomic mass is 35.5. The van der Waals surface area contributed by atoms with E-state index in [1.54, 1.807) is 31.2 Å². The van der Waals surface area contributed by atoms with Crippen LogP contribution in [0.4, 0.5) is 0 Å². The molecule has 0 aliphatic carbocycles. The first-order valence-electron chi connectivity index (χ1n) is 6.79. The van der Waals surface area contributed by atoms with Crippen molar-refractivity contribution < 1.29 is 24.5 Å². The molecule has 23 heavy (non-hydrogen) atoms. The predicted molar refractivity (Wildman–Crippen MR) is 83.2 cm³/mol. The largest absolute Gasteiger partial charge is 0.481 e. The zero-order valence-electron chi connectivity index (χ0n) is 12.2. The fraction of sp³-hybridized carbons (Fsp3) is 0.267. The van der Waals surface area contributed by atoms with Gasteiger partial charge in [-0.15, -0.1) is 0 Å². The molecule has 2 atom stereocenters. The summed E-state index contributed by atoms with van der Waals surface area (Å²) in [5, 5.41) is 19.5. The smallest absolute Gasteiger partial charge is 0.335 e. The SMILES string of the molecule is CCOC1=NC(N)=C(C(=O)O)C(c2ccc(Cl)cc2)C1C(=O)O. The first kappa shape index (κ1) is 16.8. The van der Waals surface area contributed by atoms with Gasteiger partial charge in [-0.1, -0.05) is 23.7 Å². The van der Waals surface area contributed by atoms with Gasteiger partial charge in [0.2, 0.25) is 5.90 Å². The molecule has 0 radical (unpaired) electrons. The number of rotatable bonds is 4. The van der Waals surface area contributed by atoms with Crippen LogP contribution in [0.2, 0.25) is 5.02 Å². The third-order valence-corrected chi connectivity index (χ3v) is 3.69. The van der Waals surface area contributed by atoms with E-state index in [9.17, 15) is 19.8 Å². The molecule has 0 saturated heterocycles. The monoisotopic (exact) mass is 338 g/mol. The summed E-state index contributed by atoms with van der Waals surface area (Å²) >= 11 is 5.84. The molecule has 7 nitrogen and oxygen atoms in total. The van der Waals surface area contributed by atoms with Crippen LogP contribution in [0.3, 0.4) is 0 Å². The molecule has 1 aliphatic heterocycles. The second-order valence-electron chi connectivity index (χ2n) is 4.83. The number of halogens is 1. The van der Waals surface area contributed by atoms with Crippen molar-refractivity contribution in [2.24, 2.45) is 16.6 Å². The number of carboxylic acids is 2. The highest BCUT2D eigenvalue weighted by Crippen LogP contribution is 2.38. The molecule has 8 heteroatoms. The van der Waals surface area contributed by atoms with E-state index in [0.29, 0.717) is 10.6 Å². The molecule has 1 heterocycles. The number of aliphatic imine (C=N–C) groups is 1. The van der Waals surface area contributed by atoms with Gasteiger partial charge >= 0.3 is 11.9 Å². The molecular formula is C15H15ClN2O5. The van der Waals surface area contributed by atoms with E-state index in [1.165, 1.54) is 0 Å².